The second kappa shape index (κ2) is 8.68. The summed E-state index contributed by atoms with van der Waals surface area (Å²) in [6.45, 7) is -0.287. The summed E-state index contributed by atoms with van der Waals surface area (Å²) in [5, 5.41) is 0. The van der Waals surface area contributed by atoms with Crippen molar-refractivity contribution in [1.29, 1.82) is 0 Å². The molecule has 3 heterocycles. The Hall–Kier alpha value is 0.420. The van der Waals surface area contributed by atoms with Crippen LogP contribution in [0.15, 0.2) is 12.7 Å². The van der Waals surface area contributed by atoms with Crippen LogP contribution >= 0.6 is 7.82 Å². The van der Waals surface area contributed by atoms with Gasteiger partial charge in [0.2, 0.25) is 0 Å². The van der Waals surface area contributed by atoms with Gasteiger partial charge in [-0.2, -0.15) is 0 Å². The van der Waals surface area contributed by atoms with Crippen molar-refractivity contribution in [3.8, 4) is 0 Å². The van der Waals surface area contributed by atoms with E-state index in [2.05, 4.69) is 19.5 Å². The summed E-state index contributed by atoms with van der Waals surface area (Å²) in [7, 11) is -4.98. The fourth-order valence-electron chi connectivity index (χ4n) is 2.27. The quantitative estimate of drug-likeness (QED) is 0.415. The summed E-state index contributed by atoms with van der Waals surface area (Å²) in [5.74, 6) is 0.273. The molecule has 0 saturated carbocycles. The van der Waals surface area contributed by atoms with Gasteiger partial charge in [-0.05, 0) is 12.8 Å². The van der Waals surface area contributed by atoms with E-state index in [0.29, 0.717) is 24.0 Å². The second-order valence-electron chi connectivity index (χ2n) is 4.62. The van der Waals surface area contributed by atoms with Crippen LogP contribution in [0.2, 0.25) is 0 Å². The van der Waals surface area contributed by atoms with Crippen molar-refractivity contribution in [3.05, 3.63) is 12.7 Å². The SMILES string of the molecule is Nc1ncnc2c1ncn2[C@H]1CC[C@@H](COP(=O)([O-])[O-])O1.[Na+].[Na+]. The zero-order chi connectivity index (χ0) is 15.0. The Morgan fingerprint density at radius 3 is 2.78 bits per heavy atom. The first-order valence-corrected chi connectivity index (χ1v) is 7.65. The van der Waals surface area contributed by atoms with Crippen LogP contribution in [-0.2, 0) is 13.8 Å². The van der Waals surface area contributed by atoms with Crippen molar-refractivity contribution in [2.24, 2.45) is 0 Å². The van der Waals surface area contributed by atoms with Gasteiger partial charge in [-0.1, -0.05) is 0 Å². The van der Waals surface area contributed by atoms with Gasteiger partial charge in [0.15, 0.2) is 11.5 Å². The van der Waals surface area contributed by atoms with Crippen LogP contribution in [0, 0.1) is 0 Å². The zero-order valence-electron chi connectivity index (χ0n) is 12.8. The standard InChI is InChI=1S/C10H14N5O5P.2Na/c11-9-8-10(13-4-12-9)15(5-14-8)7-2-1-6(20-7)3-19-21(16,17)18;;/h4-7H,1-3H2,(H2,11,12,13)(H2,16,17,18);;/q;2*+1/p-2/t6-,7+;;/m0../s1. The molecule has 1 aliphatic heterocycles. The van der Waals surface area contributed by atoms with Crippen molar-refractivity contribution >= 4 is 24.8 Å². The molecule has 1 fully saturated rings. The minimum absolute atomic E-state index is 0. The number of phosphoric ester groups is 1. The fraction of sp³-hybridized carbons (Fsp3) is 0.500. The molecule has 0 radical (unpaired) electrons. The Morgan fingerprint density at radius 2 is 2.09 bits per heavy atom. The van der Waals surface area contributed by atoms with Crippen LogP contribution in [0.25, 0.3) is 11.2 Å². The van der Waals surface area contributed by atoms with E-state index < -0.39 is 13.9 Å². The number of aromatic nitrogens is 4. The molecule has 2 N–H and O–H groups in total. The molecule has 0 unspecified atom stereocenters. The maximum Gasteiger partial charge on any atom is 1.00 e. The van der Waals surface area contributed by atoms with Crippen molar-refractivity contribution in [2.45, 2.75) is 25.2 Å². The Kier molecular flexibility index (Phi) is 8.10. The third-order valence-electron chi connectivity index (χ3n) is 3.20. The van der Waals surface area contributed by atoms with E-state index in [-0.39, 0.29) is 77.8 Å². The predicted molar refractivity (Wildman–Crippen MR) is 66.4 cm³/mol. The molecule has 0 aromatic carbocycles. The molecule has 13 heteroatoms. The number of imidazole rings is 1. The molecular formula is C10H12N5Na2O5P. The topological polar surface area (TPSA) is 151 Å². The number of phosphoric acid groups is 1. The van der Waals surface area contributed by atoms with E-state index in [4.69, 9.17) is 10.5 Å². The molecule has 2 atom stereocenters. The summed E-state index contributed by atoms with van der Waals surface area (Å²) >= 11 is 0. The van der Waals surface area contributed by atoms with Crippen molar-refractivity contribution < 1.29 is 82.7 Å². The molecule has 114 valence electrons. The molecule has 0 spiro atoms. The number of fused-ring (bicyclic) bond motifs is 1. The van der Waals surface area contributed by atoms with Gasteiger partial charge in [0.05, 0.1) is 26.9 Å². The van der Waals surface area contributed by atoms with Crippen LogP contribution in [0.1, 0.15) is 19.1 Å². The molecule has 0 amide bonds. The van der Waals surface area contributed by atoms with Gasteiger partial charge >= 0.3 is 59.1 Å². The van der Waals surface area contributed by atoms with E-state index in [1.54, 1.807) is 4.57 Å². The fourth-order valence-corrected chi connectivity index (χ4v) is 2.62. The Balaban J connectivity index is 0.00000132. The molecule has 23 heavy (non-hydrogen) atoms. The van der Waals surface area contributed by atoms with E-state index >= 15 is 0 Å². The molecule has 10 nitrogen and oxygen atoms in total. The van der Waals surface area contributed by atoms with Crippen molar-refractivity contribution in [2.75, 3.05) is 12.3 Å². The Morgan fingerprint density at radius 1 is 1.35 bits per heavy atom. The Bertz CT molecular complexity index is 710. The first-order valence-electron chi connectivity index (χ1n) is 6.19. The van der Waals surface area contributed by atoms with E-state index in [9.17, 15) is 14.4 Å². The number of ether oxygens (including phenoxy) is 1. The summed E-state index contributed by atoms with van der Waals surface area (Å²) in [4.78, 5) is 33.0. The minimum atomic E-state index is -4.98. The number of hydrogen-bond acceptors (Lipinski definition) is 9. The van der Waals surface area contributed by atoms with Gasteiger partial charge < -0.3 is 29.3 Å². The zero-order valence-corrected chi connectivity index (χ0v) is 17.7. The number of anilines is 1. The number of nitrogens with zero attached hydrogens (tertiary/aromatic N) is 4. The second-order valence-corrected chi connectivity index (χ2v) is 5.77. The van der Waals surface area contributed by atoms with Crippen LogP contribution in [-0.4, -0.2) is 32.2 Å². The summed E-state index contributed by atoms with van der Waals surface area (Å²) in [5.41, 5.74) is 6.71. The number of nitrogens with two attached hydrogens (primary N) is 1. The van der Waals surface area contributed by atoms with Gasteiger partial charge in [-0.25, -0.2) is 15.0 Å². The monoisotopic (exact) mass is 359 g/mol. The predicted octanol–water partition coefficient (Wildman–Crippen LogP) is -7.06. The first-order chi connectivity index (χ1) is 9.94. The van der Waals surface area contributed by atoms with Crippen molar-refractivity contribution in [1.82, 2.24) is 19.5 Å². The third kappa shape index (κ3) is 5.20. The molecule has 2 aromatic heterocycles. The van der Waals surface area contributed by atoms with Crippen LogP contribution in [0.5, 0.6) is 0 Å². The summed E-state index contributed by atoms with van der Waals surface area (Å²) in [6, 6.07) is 0. The maximum atomic E-state index is 10.5. The summed E-state index contributed by atoms with van der Waals surface area (Å²) < 4.78 is 22.0. The van der Waals surface area contributed by atoms with Gasteiger partial charge in [-0.15, -0.1) is 0 Å². The largest absolute Gasteiger partial charge is 1.00 e. The van der Waals surface area contributed by atoms with Crippen LogP contribution in [0.3, 0.4) is 0 Å². The molecule has 3 rings (SSSR count). The Labute approximate surface area is 176 Å². The molecular weight excluding hydrogens is 347 g/mol. The minimum Gasteiger partial charge on any atom is -0.790 e. The van der Waals surface area contributed by atoms with E-state index in [1.165, 1.54) is 12.7 Å². The van der Waals surface area contributed by atoms with E-state index in [0.717, 1.165) is 0 Å². The summed E-state index contributed by atoms with van der Waals surface area (Å²) in [6.07, 6.45) is 3.21. The van der Waals surface area contributed by atoms with Crippen LogP contribution in [0.4, 0.5) is 5.82 Å². The number of hydrogen-bond donors (Lipinski definition) is 1. The van der Waals surface area contributed by atoms with Gasteiger partial charge in [0.25, 0.3) is 0 Å². The molecule has 2 aromatic rings. The average Bonchev–Trinajstić information content (AvgIpc) is 3.02. The molecule has 0 bridgehead atoms. The average molecular weight is 359 g/mol. The van der Waals surface area contributed by atoms with Gasteiger partial charge in [0, 0.05) is 0 Å². The normalized spacial score (nSPS) is 21.0. The maximum absolute atomic E-state index is 10.5. The first kappa shape index (κ1) is 21.5. The number of rotatable bonds is 4. The van der Waals surface area contributed by atoms with Gasteiger partial charge in [0.1, 0.15) is 18.1 Å². The molecule has 0 aliphatic carbocycles. The van der Waals surface area contributed by atoms with E-state index in [1.807, 2.05) is 0 Å². The third-order valence-corrected chi connectivity index (χ3v) is 3.67. The van der Waals surface area contributed by atoms with Gasteiger partial charge in [-0.3, -0.25) is 4.57 Å². The molecule has 1 saturated heterocycles. The van der Waals surface area contributed by atoms with Crippen LogP contribution < -0.4 is 74.6 Å². The molecule has 1 aliphatic rings. The van der Waals surface area contributed by atoms with Crippen molar-refractivity contribution in [3.63, 3.8) is 0 Å². The number of nitrogen functional groups attached to an aromatic ring is 1. The smallest absolute Gasteiger partial charge is 0.790 e.